The van der Waals surface area contributed by atoms with E-state index < -0.39 is 6.10 Å². The average molecular weight is 254 g/mol. The molecule has 18 heavy (non-hydrogen) atoms. The van der Waals surface area contributed by atoms with Gasteiger partial charge in [-0.15, -0.1) is 0 Å². The summed E-state index contributed by atoms with van der Waals surface area (Å²) in [5.74, 6) is 0.682. The molecule has 0 radical (unpaired) electrons. The van der Waals surface area contributed by atoms with Crippen LogP contribution in [0.3, 0.4) is 0 Å². The number of hydrogen-bond acceptors (Lipinski definition) is 5. The number of rotatable bonds is 4. The van der Waals surface area contributed by atoms with Crippen LogP contribution in [-0.4, -0.2) is 34.9 Å². The molecule has 6 nitrogen and oxygen atoms in total. The maximum Gasteiger partial charge on any atom is 0.258 e. The van der Waals surface area contributed by atoms with Gasteiger partial charge in [-0.2, -0.15) is 0 Å². The lowest BCUT2D eigenvalue weighted by Crippen LogP contribution is -2.46. The molecule has 1 aromatic rings. The van der Waals surface area contributed by atoms with Crippen molar-refractivity contribution in [1.82, 2.24) is 10.5 Å². The number of aromatic nitrogens is 1. The first-order chi connectivity index (χ1) is 8.65. The second kappa shape index (κ2) is 5.86. The van der Waals surface area contributed by atoms with Crippen molar-refractivity contribution < 1.29 is 19.2 Å². The summed E-state index contributed by atoms with van der Waals surface area (Å²) < 4.78 is 9.98. The molecule has 1 aromatic heterocycles. The Morgan fingerprint density at radius 1 is 1.61 bits per heavy atom. The number of aliphatic hydroxyl groups is 1. The lowest BCUT2D eigenvalue weighted by Gasteiger charge is -2.28. The van der Waals surface area contributed by atoms with Crippen molar-refractivity contribution >= 4 is 5.91 Å². The lowest BCUT2D eigenvalue weighted by molar-refractivity contribution is -0.125. The number of carbonyl (C=O) groups excluding carboxylic acids is 1. The number of ether oxygens (including phenoxy) is 1. The first-order valence-corrected chi connectivity index (χ1v) is 6.18. The molecule has 0 saturated heterocycles. The number of nitrogens with zero attached hydrogens (tertiary/aromatic N) is 1. The van der Waals surface area contributed by atoms with Gasteiger partial charge >= 0.3 is 0 Å². The number of carbonyl (C=O) groups is 1. The minimum atomic E-state index is -0.447. The van der Waals surface area contributed by atoms with Crippen LogP contribution in [0, 0.1) is 6.92 Å². The molecular weight excluding hydrogens is 236 g/mol. The quantitative estimate of drug-likeness (QED) is 0.829. The molecule has 0 aliphatic heterocycles. The molecule has 100 valence electrons. The number of hydrogen-bond donors (Lipinski definition) is 2. The smallest absolute Gasteiger partial charge is 0.258 e. The molecule has 2 atom stereocenters. The van der Waals surface area contributed by atoms with Crippen molar-refractivity contribution in [3.8, 4) is 5.88 Å². The Labute approximate surface area is 105 Å². The molecule has 1 saturated carbocycles. The monoisotopic (exact) mass is 254 g/mol. The fourth-order valence-electron chi connectivity index (χ4n) is 2.08. The normalized spacial score (nSPS) is 23.7. The maximum absolute atomic E-state index is 11.6. The van der Waals surface area contributed by atoms with Gasteiger partial charge in [0.15, 0.2) is 6.61 Å². The first-order valence-electron chi connectivity index (χ1n) is 6.18. The highest BCUT2D eigenvalue weighted by molar-refractivity contribution is 5.77. The van der Waals surface area contributed by atoms with Gasteiger partial charge in [0.1, 0.15) is 5.76 Å². The third-order valence-electron chi connectivity index (χ3n) is 3.03. The summed E-state index contributed by atoms with van der Waals surface area (Å²) in [4.78, 5) is 11.6. The molecule has 0 spiro atoms. The largest absolute Gasteiger partial charge is 0.465 e. The number of amides is 1. The van der Waals surface area contributed by atoms with E-state index in [1.165, 1.54) is 0 Å². The zero-order valence-corrected chi connectivity index (χ0v) is 10.4. The van der Waals surface area contributed by atoms with Crippen molar-refractivity contribution in [2.24, 2.45) is 0 Å². The summed E-state index contributed by atoms with van der Waals surface area (Å²) >= 11 is 0. The Hall–Kier alpha value is -1.56. The van der Waals surface area contributed by atoms with Crippen LogP contribution in [0.1, 0.15) is 31.4 Å². The second-order valence-corrected chi connectivity index (χ2v) is 4.59. The molecule has 0 aromatic carbocycles. The van der Waals surface area contributed by atoms with Crippen molar-refractivity contribution in [2.75, 3.05) is 6.61 Å². The van der Waals surface area contributed by atoms with Crippen LogP contribution in [0.25, 0.3) is 0 Å². The summed E-state index contributed by atoms with van der Waals surface area (Å²) in [6, 6.07) is 1.46. The summed E-state index contributed by atoms with van der Waals surface area (Å²) in [7, 11) is 0. The average Bonchev–Trinajstić information content (AvgIpc) is 2.76. The molecule has 0 unspecified atom stereocenters. The molecule has 1 fully saturated rings. The maximum atomic E-state index is 11.6. The Morgan fingerprint density at radius 2 is 2.39 bits per heavy atom. The van der Waals surface area contributed by atoms with E-state index in [1.807, 2.05) is 0 Å². The standard InChI is InChI=1S/C12H18N2O4/c1-8-6-12(14-18-8)17-7-11(16)13-9-4-2-3-5-10(9)15/h6,9-10,15H,2-5,7H2,1H3,(H,13,16)/t9-,10-/m1/s1. The van der Waals surface area contributed by atoms with Crippen molar-refractivity contribution in [2.45, 2.75) is 44.8 Å². The molecule has 2 rings (SSSR count). The zero-order valence-electron chi connectivity index (χ0n) is 10.4. The van der Waals surface area contributed by atoms with Crippen LogP contribution in [0.4, 0.5) is 0 Å². The summed E-state index contributed by atoms with van der Waals surface area (Å²) in [5, 5.41) is 16.1. The fraction of sp³-hybridized carbons (Fsp3) is 0.667. The molecule has 1 aliphatic rings. The van der Waals surface area contributed by atoms with Crippen LogP contribution in [0.15, 0.2) is 10.6 Å². The van der Waals surface area contributed by atoms with Gasteiger partial charge < -0.3 is 19.7 Å². The lowest BCUT2D eigenvalue weighted by atomic mass is 9.92. The van der Waals surface area contributed by atoms with Gasteiger partial charge in [-0.1, -0.05) is 12.8 Å². The summed E-state index contributed by atoms with van der Waals surface area (Å²) in [6.45, 7) is 1.63. The summed E-state index contributed by atoms with van der Waals surface area (Å²) in [6.07, 6.45) is 3.16. The number of nitrogens with one attached hydrogen (secondary N) is 1. The van der Waals surface area contributed by atoms with Crippen molar-refractivity contribution in [1.29, 1.82) is 0 Å². The van der Waals surface area contributed by atoms with Crippen LogP contribution in [0.2, 0.25) is 0 Å². The molecule has 0 bridgehead atoms. The fourth-order valence-corrected chi connectivity index (χ4v) is 2.08. The second-order valence-electron chi connectivity index (χ2n) is 4.59. The van der Waals surface area contributed by atoms with Gasteiger partial charge in [-0.3, -0.25) is 4.79 Å². The van der Waals surface area contributed by atoms with E-state index in [4.69, 9.17) is 9.26 Å². The zero-order chi connectivity index (χ0) is 13.0. The van der Waals surface area contributed by atoms with Crippen LogP contribution in [0.5, 0.6) is 5.88 Å². The number of aryl methyl sites for hydroxylation is 1. The van der Waals surface area contributed by atoms with Crippen LogP contribution < -0.4 is 10.1 Å². The molecule has 1 amide bonds. The molecular formula is C12H18N2O4. The minimum absolute atomic E-state index is 0.116. The minimum Gasteiger partial charge on any atom is -0.465 e. The van der Waals surface area contributed by atoms with Gasteiger partial charge in [0, 0.05) is 6.07 Å². The van der Waals surface area contributed by atoms with Gasteiger partial charge in [0.05, 0.1) is 12.1 Å². The van der Waals surface area contributed by atoms with E-state index in [9.17, 15) is 9.90 Å². The molecule has 1 heterocycles. The van der Waals surface area contributed by atoms with E-state index in [1.54, 1.807) is 13.0 Å². The molecule has 2 N–H and O–H groups in total. The summed E-state index contributed by atoms with van der Waals surface area (Å²) in [5.41, 5.74) is 0. The van der Waals surface area contributed by atoms with E-state index in [0.717, 1.165) is 25.7 Å². The molecule has 6 heteroatoms. The van der Waals surface area contributed by atoms with Gasteiger partial charge in [-0.25, -0.2) is 0 Å². The van der Waals surface area contributed by atoms with Crippen LogP contribution >= 0.6 is 0 Å². The third-order valence-corrected chi connectivity index (χ3v) is 3.03. The highest BCUT2D eigenvalue weighted by atomic mass is 16.5. The van der Waals surface area contributed by atoms with E-state index in [-0.39, 0.29) is 18.6 Å². The predicted molar refractivity (Wildman–Crippen MR) is 63.1 cm³/mol. The molecule has 1 aliphatic carbocycles. The van der Waals surface area contributed by atoms with Gasteiger partial charge in [-0.05, 0) is 24.9 Å². The SMILES string of the molecule is Cc1cc(OCC(=O)N[C@@H]2CCCC[C@H]2O)no1. The predicted octanol–water partition coefficient (Wildman–Crippen LogP) is 0.782. The van der Waals surface area contributed by atoms with Crippen molar-refractivity contribution in [3.63, 3.8) is 0 Å². The van der Waals surface area contributed by atoms with Gasteiger partial charge in [0.25, 0.3) is 11.8 Å². The first kappa shape index (κ1) is 12.9. The highest BCUT2D eigenvalue weighted by Gasteiger charge is 2.24. The Balaban J connectivity index is 1.74. The Bertz CT molecular complexity index is 405. The highest BCUT2D eigenvalue weighted by Crippen LogP contribution is 2.18. The van der Waals surface area contributed by atoms with E-state index >= 15 is 0 Å². The topological polar surface area (TPSA) is 84.6 Å². The Morgan fingerprint density at radius 3 is 3.06 bits per heavy atom. The third kappa shape index (κ3) is 3.46. The van der Waals surface area contributed by atoms with E-state index in [0.29, 0.717) is 11.6 Å². The van der Waals surface area contributed by atoms with E-state index in [2.05, 4.69) is 10.5 Å². The van der Waals surface area contributed by atoms with Gasteiger partial charge in [0.2, 0.25) is 0 Å². The van der Waals surface area contributed by atoms with Crippen molar-refractivity contribution in [3.05, 3.63) is 11.8 Å². The number of aliphatic hydroxyl groups excluding tert-OH is 1. The Kier molecular flexibility index (Phi) is 4.19. The van der Waals surface area contributed by atoms with Crippen LogP contribution in [-0.2, 0) is 4.79 Å².